The third-order valence-corrected chi connectivity index (χ3v) is 2.52. The van der Waals surface area contributed by atoms with E-state index in [0.29, 0.717) is 19.1 Å². The number of hydrogen-bond donors (Lipinski definition) is 2. The van der Waals surface area contributed by atoms with Crippen molar-refractivity contribution < 1.29 is 9.53 Å². The molecule has 2 unspecified atom stereocenters. The maximum Gasteiger partial charge on any atom is 0.236 e. The molecule has 17 heavy (non-hydrogen) atoms. The second kappa shape index (κ2) is 9.42. The molecule has 0 aliphatic heterocycles. The number of carbonyl (C=O) groups is 1. The zero-order chi connectivity index (χ0) is 13.3. The molecular formula is C13H28N2O2. The lowest BCUT2D eigenvalue weighted by atomic mass is 10.1. The van der Waals surface area contributed by atoms with E-state index in [1.807, 2.05) is 20.8 Å². The fourth-order valence-electron chi connectivity index (χ4n) is 1.48. The van der Waals surface area contributed by atoms with Crippen LogP contribution in [0, 0.1) is 5.92 Å². The molecule has 102 valence electrons. The topological polar surface area (TPSA) is 50.4 Å². The van der Waals surface area contributed by atoms with Gasteiger partial charge in [-0.1, -0.05) is 13.8 Å². The van der Waals surface area contributed by atoms with E-state index in [-0.39, 0.29) is 18.0 Å². The normalized spacial score (nSPS) is 14.7. The van der Waals surface area contributed by atoms with Crippen LogP contribution in [-0.4, -0.2) is 37.7 Å². The minimum Gasteiger partial charge on any atom is -0.380 e. The van der Waals surface area contributed by atoms with Crippen LogP contribution < -0.4 is 10.6 Å². The Hall–Kier alpha value is -0.610. The molecule has 4 nitrogen and oxygen atoms in total. The van der Waals surface area contributed by atoms with Crippen molar-refractivity contribution >= 4 is 5.91 Å². The first-order valence-corrected chi connectivity index (χ1v) is 6.58. The van der Waals surface area contributed by atoms with Gasteiger partial charge >= 0.3 is 0 Å². The number of ether oxygens (including phenoxy) is 1. The van der Waals surface area contributed by atoms with Crippen LogP contribution >= 0.6 is 0 Å². The van der Waals surface area contributed by atoms with Crippen LogP contribution in [0.25, 0.3) is 0 Å². The molecule has 0 bridgehead atoms. The summed E-state index contributed by atoms with van der Waals surface area (Å²) < 4.78 is 5.29. The Kier molecular flexibility index (Phi) is 9.09. The van der Waals surface area contributed by atoms with Gasteiger partial charge in [-0.15, -0.1) is 0 Å². The van der Waals surface area contributed by atoms with Gasteiger partial charge in [-0.3, -0.25) is 4.79 Å². The second-order valence-electron chi connectivity index (χ2n) is 4.92. The van der Waals surface area contributed by atoms with E-state index in [2.05, 4.69) is 24.5 Å². The summed E-state index contributed by atoms with van der Waals surface area (Å²) in [4.78, 5) is 11.7. The molecule has 0 radical (unpaired) electrons. The molecule has 0 fully saturated rings. The smallest absolute Gasteiger partial charge is 0.236 e. The van der Waals surface area contributed by atoms with Crippen LogP contribution in [0.5, 0.6) is 0 Å². The predicted molar refractivity (Wildman–Crippen MR) is 71.0 cm³/mol. The molecule has 0 aromatic heterocycles. The first-order valence-electron chi connectivity index (χ1n) is 6.58. The highest BCUT2D eigenvalue weighted by molar-refractivity contribution is 5.81. The zero-order valence-electron chi connectivity index (χ0n) is 11.9. The summed E-state index contributed by atoms with van der Waals surface area (Å²) >= 11 is 0. The van der Waals surface area contributed by atoms with Gasteiger partial charge in [0.05, 0.1) is 12.6 Å². The minimum atomic E-state index is -0.169. The van der Waals surface area contributed by atoms with Gasteiger partial charge in [-0.25, -0.2) is 0 Å². The molecule has 0 saturated carbocycles. The van der Waals surface area contributed by atoms with Gasteiger partial charge < -0.3 is 15.4 Å². The Morgan fingerprint density at radius 3 is 2.41 bits per heavy atom. The maximum absolute atomic E-state index is 11.7. The van der Waals surface area contributed by atoms with Gasteiger partial charge in [0.2, 0.25) is 5.91 Å². The number of nitrogens with one attached hydrogen (secondary N) is 2. The molecule has 0 aromatic rings. The van der Waals surface area contributed by atoms with Crippen molar-refractivity contribution in [3.05, 3.63) is 0 Å². The number of amides is 1. The van der Waals surface area contributed by atoms with E-state index < -0.39 is 0 Å². The molecular weight excluding hydrogens is 216 g/mol. The zero-order valence-corrected chi connectivity index (χ0v) is 11.9. The molecule has 2 N–H and O–H groups in total. The molecule has 1 amide bonds. The predicted octanol–water partition coefficient (Wildman–Crippen LogP) is 1.55. The van der Waals surface area contributed by atoms with E-state index in [1.54, 1.807) is 0 Å². The Balaban J connectivity index is 3.73. The number of rotatable bonds is 9. The van der Waals surface area contributed by atoms with Crippen LogP contribution in [-0.2, 0) is 9.53 Å². The molecule has 0 aliphatic rings. The van der Waals surface area contributed by atoms with Crippen LogP contribution in [0.2, 0.25) is 0 Å². The highest BCUT2D eigenvalue weighted by atomic mass is 16.5. The highest BCUT2D eigenvalue weighted by Crippen LogP contribution is 1.97. The summed E-state index contributed by atoms with van der Waals surface area (Å²) in [5.41, 5.74) is 0. The summed E-state index contributed by atoms with van der Waals surface area (Å²) in [6.45, 7) is 12.3. The van der Waals surface area contributed by atoms with Gasteiger partial charge in [0, 0.05) is 19.2 Å². The molecule has 2 atom stereocenters. The van der Waals surface area contributed by atoms with E-state index in [9.17, 15) is 4.79 Å². The second-order valence-corrected chi connectivity index (χ2v) is 4.92. The first kappa shape index (κ1) is 16.4. The Morgan fingerprint density at radius 2 is 1.88 bits per heavy atom. The SMILES string of the molecule is CCOCC(C)NC(C)C(=O)NCCC(C)C. The molecule has 0 aliphatic carbocycles. The fourth-order valence-corrected chi connectivity index (χ4v) is 1.48. The van der Waals surface area contributed by atoms with Crippen molar-refractivity contribution in [2.75, 3.05) is 19.8 Å². The average molecular weight is 244 g/mol. The maximum atomic E-state index is 11.7. The Bertz CT molecular complexity index is 208. The van der Waals surface area contributed by atoms with Crippen LogP contribution in [0.15, 0.2) is 0 Å². The molecule has 0 spiro atoms. The Morgan fingerprint density at radius 1 is 1.24 bits per heavy atom. The largest absolute Gasteiger partial charge is 0.380 e. The van der Waals surface area contributed by atoms with E-state index in [0.717, 1.165) is 13.0 Å². The van der Waals surface area contributed by atoms with E-state index in [1.165, 1.54) is 0 Å². The summed E-state index contributed by atoms with van der Waals surface area (Å²) in [5.74, 6) is 0.685. The summed E-state index contributed by atoms with van der Waals surface area (Å²) in [5, 5.41) is 6.15. The van der Waals surface area contributed by atoms with Gasteiger partial charge in [0.1, 0.15) is 0 Å². The van der Waals surface area contributed by atoms with Crippen LogP contribution in [0.4, 0.5) is 0 Å². The molecule has 0 aromatic carbocycles. The van der Waals surface area contributed by atoms with Crippen LogP contribution in [0.1, 0.15) is 41.0 Å². The van der Waals surface area contributed by atoms with Gasteiger partial charge in [-0.05, 0) is 33.1 Å². The third-order valence-electron chi connectivity index (χ3n) is 2.52. The summed E-state index contributed by atoms with van der Waals surface area (Å²) in [6, 6.07) is 0.0263. The van der Waals surface area contributed by atoms with Gasteiger partial charge in [-0.2, -0.15) is 0 Å². The lowest BCUT2D eigenvalue weighted by Gasteiger charge is -2.19. The average Bonchev–Trinajstić information content (AvgIpc) is 2.25. The van der Waals surface area contributed by atoms with E-state index >= 15 is 0 Å². The monoisotopic (exact) mass is 244 g/mol. The number of carbonyl (C=O) groups excluding carboxylic acids is 1. The first-order chi connectivity index (χ1) is 7.97. The van der Waals surface area contributed by atoms with Crippen molar-refractivity contribution in [3.63, 3.8) is 0 Å². The van der Waals surface area contributed by atoms with Crippen molar-refractivity contribution in [1.82, 2.24) is 10.6 Å². The molecule has 0 heterocycles. The Labute approximate surface area is 105 Å². The third kappa shape index (κ3) is 9.12. The fraction of sp³-hybridized carbons (Fsp3) is 0.923. The van der Waals surface area contributed by atoms with Crippen molar-refractivity contribution in [1.29, 1.82) is 0 Å². The lowest BCUT2D eigenvalue weighted by molar-refractivity contribution is -0.123. The van der Waals surface area contributed by atoms with E-state index in [4.69, 9.17) is 4.74 Å². The standard InChI is InChI=1S/C13H28N2O2/c1-6-17-9-11(4)15-12(5)13(16)14-8-7-10(2)3/h10-12,15H,6-9H2,1-5H3,(H,14,16). The van der Waals surface area contributed by atoms with Crippen molar-refractivity contribution in [2.45, 2.75) is 53.1 Å². The van der Waals surface area contributed by atoms with Crippen molar-refractivity contribution in [2.24, 2.45) is 5.92 Å². The molecule has 4 heteroatoms. The van der Waals surface area contributed by atoms with Gasteiger partial charge in [0.25, 0.3) is 0 Å². The number of hydrogen-bond acceptors (Lipinski definition) is 3. The quantitative estimate of drug-likeness (QED) is 0.647. The minimum absolute atomic E-state index is 0.0639. The summed E-state index contributed by atoms with van der Waals surface area (Å²) in [6.07, 6.45) is 1.02. The van der Waals surface area contributed by atoms with Crippen LogP contribution in [0.3, 0.4) is 0 Å². The lowest BCUT2D eigenvalue weighted by Crippen LogP contribution is -2.47. The summed E-state index contributed by atoms with van der Waals surface area (Å²) in [7, 11) is 0. The highest BCUT2D eigenvalue weighted by Gasteiger charge is 2.14. The van der Waals surface area contributed by atoms with Gasteiger partial charge in [0.15, 0.2) is 0 Å². The molecule has 0 saturated heterocycles. The molecule has 0 rings (SSSR count). The van der Waals surface area contributed by atoms with Crippen molar-refractivity contribution in [3.8, 4) is 0 Å².